The monoisotopic (exact) mass is 350 g/mol. The average molecular weight is 350 g/mol. The topological polar surface area (TPSA) is 86.7 Å². The molecule has 1 aliphatic heterocycles. The molecule has 1 heterocycles. The quantitative estimate of drug-likeness (QED) is 0.807. The van der Waals surface area contributed by atoms with Gasteiger partial charge >= 0.3 is 0 Å². The van der Waals surface area contributed by atoms with Gasteiger partial charge in [-0.25, -0.2) is 0 Å². The lowest BCUT2D eigenvalue weighted by Gasteiger charge is -2.17. The van der Waals surface area contributed by atoms with Crippen molar-refractivity contribution in [3.63, 3.8) is 0 Å². The first-order chi connectivity index (χ1) is 12.6. The molecule has 2 aromatic rings. The SMILES string of the molecule is O=C(N[C@H](CO)c1ccccc1)c1ccc2c(c1)C(=O)N(C1CC1)C2=O. The van der Waals surface area contributed by atoms with Crippen LogP contribution < -0.4 is 5.32 Å². The number of nitrogens with one attached hydrogen (secondary N) is 1. The van der Waals surface area contributed by atoms with Crippen molar-refractivity contribution in [2.24, 2.45) is 0 Å². The molecular weight excluding hydrogens is 332 g/mol. The van der Waals surface area contributed by atoms with Gasteiger partial charge in [0.05, 0.1) is 23.8 Å². The van der Waals surface area contributed by atoms with E-state index in [-0.39, 0.29) is 35.6 Å². The van der Waals surface area contributed by atoms with E-state index in [0.29, 0.717) is 5.56 Å². The summed E-state index contributed by atoms with van der Waals surface area (Å²) in [4.78, 5) is 38.7. The number of amides is 3. The van der Waals surface area contributed by atoms with Crippen LogP contribution in [0.2, 0.25) is 0 Å². The minimum atomic E-state index is -0.544. The van der Waals surface area contributed by atoms with E-state index in [1.807, 2.05) is 30.3 Å². The summed E-state index contributed by atoms with van der Waals surface area (Å²) in [7, 11) is 0. The number of hydrogen-bond donors (Lipinski definition) is 2. The Labute approximate surface area is 150 Å². The summed E-state index contributed by atoms with van der Waals surface area (Å²) in [5.74, 6) is -1.01. The van der Waals surface area contributed by atoms with E-state index >= 15 is 0 Å². The van der Waals surface area contributed by atoms with Crippen LogP contribution in [0, 0.1) is 0 Å². The number of aliphatic hydroxyl groups excluding tert-OH is 1. The maximum absolute atomic E-state index is 12.6. The smallest absolute Gasteiger partial charge is 0.261 e. The van der Waals surface area contributed by atoms with Crippen molar-refractivity contribution >= 4 is 17.7 Å². The van der Waals surface area contributed by atoms with Crippen LogP contribution in [0.4, 0.5) is 0 Å². The molecule has 1 fully saturated rings. The molecule has 6 heteroatoms. The molecule has 2 aromatic carbocycles. The second-order valence-corrected chi connectivity index (χ2v) is 6.59. The fourth-order valence-electron chi connectivity index (χ4n) is 3.23. The number of fused-ring (bicyclic) bond motifs is 1. The second kappa shape index (κ2) is 6.38. The van der Waals surface area contributed by atoms with Crippen molar-refractivity contribution in [2.45, 2.75) is 24.9 Å². The summed E-state index contributed by atoms with van der Waals surface area (Å²) in [6, 6.07) is 13.1. The van der Waals surface area contributed by atoms with Crippen molar-refractivity contribution in [3.05, 3.63) is 70.8 Å². The fourth-order valence-corrected chi connectivity index (χ4v) is 3.23. The Morgan fingerprint density at radius 3 is 2.42 bits per heavy atom. The molecule has 0 unspecified atom stereocenters. The lowest BCUT2D eigenvalue weighted by molar-refractivity contribution is 0.0642. The molecule has 1 saturated carbocycles. The molecule has 4 rings (SSSR count). The van der Waals surface area contributed by atoms with Gasteiger partial charge in [0.2, 0.25) is 0 Å². The molecule has 0 aromatic heterocycles. The largest absolute Gasteiger partial charge is 0.394 e. The molecule has 132 valence electrons. The summed E-state index contributed by atoms with van der Waals surface area (Å²) in [6.45, 7) is -0.242. The molecule has 2 N–H and O–H groups in total. The molecule has 0 spiro atoms. The van der Waals surface area contributed by atoms with E-state index < -0.39 is 11.9 Å². The highest BCUT2D eigenvalue weighted by molar-refractivity contribution is 6.22. The van der Waals surface area contributed by atoms with Crippen LogP contribution in [0.3, 0.4) is 0 Å². The van der Waals surface area contributed by atoms with Crippen LogP contribution in [-0.4, -0.2) is 40.4 Å². The zero-order valence-electron chi connectivity index (χ0n) is 14.0. The fraction of sp³-hybridized carbons (Fsp3) is 0.250. The third-order valence-corrected chi connectivity index (χ3v) is 4.78. The summed E-state index contributed by atoms with van der Waals surface area (Å²) in [6.07, 6.45) is 1.68. The van der Waals surface area contributed by atoms with E-state index in [1.54, 1.807) is 0 Å². The number of nitrogens with zero attached hydrogens (tertiary/aromatic N) is 1. The Bertz CT molecular complexity index is 890. The number of carbonyl (C=O) groups excluding carboxylic acids is 3. The molecule has 0 radical (unpaired) electrons. The van der Waals surface area contributed by atoms with E-state index in [9.17, 15) is 19.5 Å². The highest BCUT2D eigenvalue weighted by Crippen LogP contribution is 2.34. The molecule has 6 nitrogen and oxygen atoms in total. The van der Waals surface area contributed by atoms with Crippen LogP contribution >= 0.6 is 0 Å². The van der Waals surface area contributed by atoms with Crippen LogP contribution in [0.5, 0.6) is 0 Å². The number of imide groups is 1. The Balaban J connectivity index is 1.57. The normalized spacial score (nSPS) is 17.2. The van der Waals surface area contributed by atoms with E-state index in [2.05, 4.69) is 5.32 Å². The van der Waals surface area contributed by atoms with Crippen molar-refractivity contribution in [1.29, 1.82) is 0 Å². The molecule has 2 aliphatic rings. The van der Waals surface area contributed by atoms with Gasteiger partial charge in [-0.3, -0.25) is 19.3 Å². The molecule has 1 aliphatic carbocycles. The average Bonchev–Trinajstić information content (AvgIpc) is 3.47. The van der Waals surface area contributed by atoms with Gasteiger partial charge < -0.3 is 10.4 Å². The zero-order valence-corrected chi connectivity index (χ0v) is 14.0. The lowest BCUT2D eigenvalue weighted by Crippen LogP contribution is -2.31. The first kappa shape index (κ1) is 16.5. The summed E-state index contributed by atoms with van der Waals surface area (Å²) >= 11 is 0. The van der Waals surface area contributed by atoms with Gasteiger partial charge in [0.15, 0.2) is 0 Å². The number of carbonyl (C=O) groups is 3. The van der Waals surface area contributed by atoms with Crippen LogP contribution in [0.1, 0.15) is 55.5 Å². The molecule has 26 heavy (non-hydrogen) atoms. The Morgan fingerprint density at radius 1 is 1.08 bits per heavy atom. The standard InChI is InChI=1S/C20H18N2O4/c23-11-17(12-4-2-1-3-5-12)21-18(24)13-6-9-15-16(10-13)20(26)22(19(15)25)14-7-8-14/h1-6,9-10,14,17,23H,7-8,11H2,(H,21,24)/t17-/m1/s1. The van der Waals surface area contributed by atoms with Gasteiger partial charge in [-0.1, -0.05) is 30.3 Å². The first-order valence-corrected chi connectivity index (χ1v) is 8.58. The molecular formula is C20H18N2O4. The molecule has 3 amide bonds. The maximum Gasteiger partial charge on any atom is 0.261 e. The van der Waals surface area contributed by atoms with Crippen LogP contribution in [0.15, 0.2) is 48.5 Å². The van der Waals surface area contributed by atoms with E-state index in [1.165, 1.54) is 23.1 Å². The van der Waals surface area contributed by atoms with Crippen LogP contribution in [-0.2, 0) is 0 Å². The number of hydrogen-bond acceptors (Lipinski definition) is 4. The predicted molar refractivity (Wildman–Crippen MR) is 93.7 cm³/mol. The Morgan fingerprint density at radius 2 is 1.77 bits per heavy atom. The third kappa shape index (κ3) is 2.78. The zero-order chi connectivity index (χ0) is 18.3. The second-order valence-electron chi connectivity index (χ2n) is 6.59. The van der Waals surface area contributed by atoms with Gasteiger partial charge in [-0.2, -0.15) is 0 Å². The lowest BCUT2D eigenvalue weighted by atomic mass is 10.0. The van der Waals surface area contributed by atoms with Crippen LogP contribution in [0.25, 0.3) is 0 Å². The van der Waals surface area contributed by atoms with Crippen molar-refractivity contribution in [2.75, 3.05) is 6.61 Å². The minimum Gasteiger partial charge on any atom is -0.394 e. The highest BCUT2D eigenvalue weighted by atomic mass is 16.3. The van der Waals surface area contributed by atoms with Gasteiger partial charge in [-0.05, 0) is 36.6 Å². The van der Waals surface area contributed by atoms with Crippen molar-refractivity contribution < 1.29 is 19.5 Å². The minimum absolute atomic E-state index is 0.00322. The molecule has 0 bridgehead atoms. The number of benzene rings is 2. The third-order valence-electron chi connectivity index (χ3n) is 4.78. The number of rotatable bonds is 5. The van der Waals surface area contributed by atoms with Gasteiger partial charge in [0.1, 0.15) is 0 Å². The van der Waals surface area contributed by atoms with Crippen molar-refractivity contribution in [1.82, 2.24) is 10.2 Å². The molecule has 0 saturated heterocycles. The van der Waals surface area contributed by atoms with Gasteiger partial charge in [0, 0.05) is 11.6 Å². The van der Waals surface area contributed by atoms with Gasteiger partial charge in [-0.15, -0.1) is 0 Å². The van der Waals surface area contributed by atoms with E-state index in [0.717, 1.165) is 18.4 Å². The summed E-state index contributed by atoms with van der Waals surface area (Å²) in [5.41, 5.74) is 1.70. The molecule has 1 atom stereocenters. The first-order valence-electron chi connectivity index (χ1n) is 8.58. The maximum atomic E-state index is 12.6. The van der Waals surface area contributed by atoms with E-state index in [4.69, 9.17) is 0 Å². The summed E-state index contributed by atoms with van der Waals surface area (Å²) < 4.78 is 0. The highest BCUT2D eigenvalue weighted by Gasteiger charge is 2.44. The number of aliphatic hydroxyl groups is 1. The Hall–Kier alpha value is -2.99. The van der Waals surface area contributed by atoms with Crippen molar-refractivity contribution in [3.8, 4) is 0 Å². The predicted octanol–water partition coefficient (Wildman–Crippen LogP) is 1.91. The van der Waals surface area contributed by atoms with Gasteiger partial charge in [0.25, 0.3) is 17.7 Å². The Kier molecular flexibility index (Phi) is 4.05. The summed E-state index contributed by atoms with van der Waals surface area (Å²) in [5, 5.41) is 12.4.